The first kappa shape index (κ1) is 17.9. The van der Waals surface area contributed by atoms with Crippen molar-refractivity contribution in [3.63, 3.8) is 0 Å². The molecule has 2 aromatic carbocycles. The molecule has 0 bridgehead atoms. The van der Waals surface area contributed by atoms with Crippen LogP contribution in [0.1, 0.15) is 20.7 Å². The second kappa shape index (κ2) is 8.39. The van der Waals surface area contributed by atoms with Gasteiger partial charge in [0, 0.05) is 3.57 Å². The fraction of sp³-hybridized carbons (Fsp3) is 0.0625. The summed E-state index contributed by atoms with van der Waals surface area (Å²) in [5.74, 6) is -2.53. The Hall–Kier alpha value is -2.49. The van der Waals surface area contributed by atoms with Gasteiger partial charge in [-0.15, -0.1) is 0 Å². The molecule has 0 unspecified atom stereocenters. The van der Waals surface area contributed by atoms with Gasteiger partial charge in [-0.3, -0.25) is 25.2 Å². The highest BCUT2D eigenvalue weighted by molar-refractivity contribution is 14.1. The van der Waals surface area contributed by atoms with E-state index >= 15 is 0 Å². The molecule has 0 aliphatic carbocycles. The van der Waals surface area contributed by atoms with Crippen molar-refractivity contribution in [2.24, 2.45) is 0 Å². The van der Waals surface area contributed by atoms with E-state index in [1.807, 2.05) is 22.6 Å². The second-order valence-electron chi connectivity index (χ2n) is 4.64. The van der Waals surface area contributed by atoms with Gasteiger partial charge in [-0.05, 0) is 46.9 Å². The van der Waals surface area contributed by atoms with Gasteiger partial charge in [-0.25, -0.2) is 4.39 Å². The smallest absolute Gasteiger partial charge is 0.272 e. The third-order valence-electron chi connectivity index (χ3n) is 2.96. The summed E-state index contributed by atoms with van der Waals surface area (Å²) in [4.78, 5) is 35.3. The summed E-state index contributed by atoms with van der Waals surface area (Å²) in [6.07, 6.45) is 0. The number of benzene rings is 2. The highest BCUT2D eigenvalue weighted by Gasteiger charge is 2.13. The van der Waals surface area contributed by atoms with Crippen LogP contribution in [-0.4, -0.2) is 24.3 Å². The zero-order chi connectivity index (χ0) is 17.5. The molecule has 6 nitrogen and oxygen atoms in total. The number of hydrazine groups is 1. The van der Waals surface area contributed by atoms with Crippen molar-refractivity contribution in [2.45, 2.75) is 0 Å². The number of nitrogens with one attached hydrogen (secondary N) is 3. The van der Waals surface area contributed by atoms with Crippen molar-refractivity contribution in [1.82, 2.24) is 16.2 Å². The van der Waals surface area contributed by atoms with Crippen LogP contribution in [-0.2, 0) is 4.79 Å². The Labute approximate surface area is 150 Å². The predicted octanol–water partition coefficient (Wildman–Crippen LogP) is 1.62. The number of rotatable bonds is 4. The molecular formula is C16H13FIN3O3. The first-order valence-corrected chi connectivity index (χ1v) is 7.93. The molecule has 0 atom stereocenters. The van der Waals surface area contributed by atoms with E-state index < -0.39 is 23.5 Å². The summed E-state index contributed by atoms with van der Waals surface area (Å²) < 4.78 is 14.2. The topological polar surface area (TPSA) is 87.3 Å². The van der Waals surface area contributed by atoms with E-state index in [2.05, 4.69) is 16.2 Å². The van der Waals surface area contributed by atoms with Crippen LogP contribution in [0.4, 0.5) is 4.39 Å². The highest BCUT2D eigenvalue weighted by atomic mass is 127. The molecule has 24 heavy (non-hydrogen) atoms. The molecule has 3 amide bonds. The molecule has 0 saturated heterocycles. The Kier molecular flexibility index (Phi) is 6.24. The standard InChI is InChI=1S/C16H13FIN3O3/c17-12-7-3-1-5-10(12)16(24)21-20-14(22)9-19-15(23)11-6-2-4-8-13(11)18/h1-8H,9H2,(H,19,23)(H,20,22)(H,21,24). The molecule has 0 fully saturated rings. The zero-order valence-electron chi connectivity index (χ0n) is 12.3. The molecule has 0 radical (unpaired) electrons. The van der Waals surface area contributed by atoms with Crippen LogP contribution >= 0.6 is 22.6 Å². The van der Waals surface area contributed by atoms with Crippen LogP contribution in [0.5, 0.6) is 0 Å². The quantitative estimate of drug-likeness (QED) is 0.498. The number of halogens is 2. The average molecular weight is 441 g/mol. The van der Waals surface area contributed by atoms with Gasteiger partial charge >= 0.3 is 0 Å². The van der Waals surface area contributed by atoms with Crippen molar-refractivity contribution in [2.75, 3.05) is 6.54 Å². The Balaban J connectivity index is 1.82. The predicted molar refractivity (Wildman–Crippen MR) is 93.5 cm³/mol. The van der Waals surface area contributed by atoms with Crippen molar-refractivity contribution in [1.29, 1.82) is 0 Å². The molecular weight excluding hydrogens is 428 g/mol. The van der Waals surface area contributed by atoms with Gasteiger partial charge in [0.15, 0.2) is 0 Å². The molecule has 124 valence electrons. The molecule has 0 aliphatic rings. The lowest BCUT2D eigenvalue weighted by atomic mass is 10.2. The summed E-state index contributed by atoms with van der Waals surface area (Å²) in [6, 6.07) is 12.3. The third kappa shape index (κ3) is 4.75. The first-order valence-electron chi connectivity index (χ1n) is 6.85. The molecule has 2 rings (SSSR count). The molecule has 0 heterocycles. The lowest BCUT2D eigenvalue weighted by Crippen LogP contribution is -2.46. The molecule has 0 aliphatic heterocycles. The minimum atomic E-state index is -0.787. The largest absolute Gasteiger partial charge is 0.343 e. The van der Waals surface area contributed by atoms with Crippen LogP contribution < -0.4 is 16.2 Å². The van der Waals surface area contributed by atoms with Crippen LogP contribution in [0.3, 0.4) is 0 Å². The van der Waals surface area contributed by atoms with Gasteiger partial charge in [0.25, 0.3) is 17.7 Å². The molecule has 8 heteroatoms. The minimum Gasteiger partial charge on any atom is -0.343 e. The van der Waals surface area contributed by atoms with Crippen LogP contribution in [0.15, 0.2) is 48.5 Å². The van der Waals surface area contributed by atoms with E-state index in [-0.39, 0.29) is 12.1 Å². The minimum absolute atomic E-state index is 0.194. The monoisotopic (exact) mass is 441 g/mol. The maximum Gasteiger partial charge on any atom is 0.272 e. The van der Waals surface area contributed by atoms with E-state index in [4.69, 9.17) is 0 Å². The van der Waals surface area contributed by atoms with E-state index in [1.54, 1.807) is 24.3 Å². The van der Waals surface area contributed by atoms with Crippen LogP contribution in [0, 0.1) is 9.39 Å². The number of carbonyl (C=O) groups is 3. The number of hydrogen-bond donors (Lipinski definition) is 3. The van der Waals surface area contributed by atoms with Gasteiger partial charge in [0.2, 0.25) is 0 Å². The van der Waals surface area contributed by atoms with Gasteiger partial charge < -0.3 is 5.32 Å². The van der Waals surface area contributed by atoms with Crippen molar-refractivity contribution >= 4 is 40.3 Å². The normalized spacial score (nSPS) is 9.92. The maximum absolute atomic E-state index is 13.4. The Bertz CT molecular complexity index is 719. The molecule has 0 aromatic heterocycles. The fourth-order valence-corrected chi connectivity index (χ4v) is 2.42. The summed E-state index contributed by atoms with van der Waals surface area (Å²) in [5.41, 5.74) is 4.44. The lowest BCUT2D eigenvalue weighted by molar-refractivity contribution is -0.120. The Morgan fingerprint density at radius 3 is 2.17 bits per heavy atom. The van der Waals surface area contributed by atoms with E-state index in [9.17, 15) is 18.8 Å². The van der Waals surface area contributed by atoms with E-state index in [1.165, 1.54) is 18.2 Å². The third-order valence-corrected chi connectivity index (χ3v) is 3.90. The molecule has 3 N–H and O–H groups in total. The van der Waals surface area contributed by atoms with Crippen molar-refractivity contribution < 1.29 is 18.8 Å². The summed E-state index contributed by atoms with van der Waals surface area (Å²) in [6.45, 7) is -0.332. The summed E-state index contributed by atoms with van der Waals surface area (Å²) in [5, 5.41) is 2.43. The average Bonchev–Trinajstić information content (AvgIpc) is 2.58. The molecule has 2 aromatic rings. The fourth-order valence-electron chi connectivity index (χ4n) is 1.78. The highest BCUT2D eigenvalue weighted by Crippen LogP contribution is 2.10. The van der Waals surface area contributed by atoms with Crippen molar-refractivity contribution in [3.8, 4) is 0 Å². The summed E-state index contributed by atoms with van der Waals surface area (Å²) in [7, 11) is 0. The van der Waals surface area contributed by atoms with Crippen molar-refractivity contribution in [3.05, 3.63) is 69.0 Å². The number of hydrogen-bond acceptors (Lipinski definition) is 3. The summed E-state index contributed by atoms with van der Waals surface area (Å²) >= 11 is 2.01. The lowest BCUT2D eigenvalue weighted by Gasteiger charge is -2.09. The van der Waals surface area contributed by atoms with Gasteiger partial charge in [0.05, 0.1) is 17.7 Å². The van der Waals surface area contributed by atoms with Gasteiger partial charge in [-0.2, -0.15) is 0 Å². The zero-order valence-corrected chi connectivity index (χ0v) is 14.5. The molecule has 0 saturated carbocycles. The first-order chi connectivity index (χ1) is 11.5. The van der Waals surface area contributed by atoms with E-state index in [0.29, 0.717) is 5.56 Å². The van der Waals surface area contributed by atoms with Crippen LogP contribution in [0.2, 0.25) is 0 Å². The Morgan fingerprint density at radius 1 is 0.875 bits per heavy atom. The van der Waals surface area contributed by atoms with Crippen LogP contribution in [0.25, 0.3) is 0 Å². The van der Waals surface area contributed by atoms with Gasteiger partial charge in [0.1, 0.15) is 5.82 Å². The van der Waals surface area contributed by atoms with Gasteiger partial charge in [-0.1, -0.05) is 24.3 Å². The SMILES string of the molecule is O=C(CNC(=O)c1ccccc1I)NNC(=O)c1ccccc1F. The maximum atomic E-state index is 13.4. The Morgan fingerprint density at radius 2 is 1.50 bits per heavy atom. The number of amides is 3. The number of carbonyl (C=O) groups excluding carboxylic acids is 3. The van der Waals surface area contributed by atoms with E-state index in [0.717, 1.165) is 9.64 Å². The molecule has 0 spiro atoms. The second-order valence-corrected chi connectivity index (χ2v) is 5.81.